The van der Waals surface area contributed by atoms with Crippen LogP contribution in [-0.4, -0.2) is 128 Å². The van der Waals surface area contributed by atoms with E-state index in [-0.39, 0.29) is 103 Å². The molecule has 304 valence electrons. The summed E-state index contributed by atoms with van der Waals surface area (Å²) in [6.07, 6.45) is 5.25. The van der Waals surface area contributed by atoms with Gasteiger partial charge in [0.15, 0.2) is 5.79 Å². The molecule has 0 radical (unpaired) electrons. The van der Waals surface area contributed by atoms with Crippen molar-refractivity contribution in [3.8, 4) is 0 Å². The third kappa shape index (κ3) is 7.68. The third-order valence-corrected chi connectivity index (χ3v) is 14.5. The molecule has 0 saturated carbocycles. The number of fused-ring (bicyclic) bond motifs is 9. The second kappa shape index (κ2) is 16.2. The lowest BCUT2D eigenvalue weighted by Gasteiger charge is -2.48. The van der Waals surface area contributed by atoms with Gasteiger partial charge < -0.3 is 58.6 Å². The summed E-state index contributed by atoms with van der Waals surface area (Å²) in [7, 11) is 1.70. The summed E-state index contributed by atoms with van der Waals surface area (Å²) in [6.45, 7) is 13.5. The Labute approximate surface area is 320 Å². The summed E-state index contributed by atoms with van der Waals surface area (Å²) in [6, 6.07) is 0. The largest absolute Gasteiger partial charge is 0.392 e. The molecule has 54 heavy (non-hydrogen) atoms. The second-order valence-corrected chi connectivity index (χ2v) is 18.1. The number of nitrogens with two attached hydrogens (primary N) is 1. The number of carbonyl (C=O) groups excluding carboxylic acids is 1. The average molecular weight is 760 g/mol. The summed E-state index contributed by atoms with van der Waals surface area (Å²) < 4.78 is 53.7. The van der Waals surface area contributed by atoms with Crippen LogP contribution in [0.3, 0.4) is 0 Å². The lowest BCUT2D eigenvalue weighted by Crippen LogP contribution is -2.58. The Bertz CT molecular complexity index is 1370. The predicted molar refractivity (Wildman–Crippen MR) is 197 cm³/mol. The molecule has 0 aromatic heterocycles. The molecule has 4 N–H and O–H groups in total. The molecular weight excluding hydrogens is 694 g/mol. The minimum atomic E-state index is -0.981. The SMILES string of the molecule is C=C1CC2OC1CC[C@H]1C[C@@H](C)C(=C)C(C[C@@H]3OC(CC(O)CN)[C@H](OC)C3CCC(C=O)C3CCC4O[C@@H]5CC(O[C@@]6(CC2C)C[C@@H](O)C5O6)[C@H]4O3)O1. The summed E-state index contributed by atoms with van der Waals surface area (Å²) in [4.78, 5) is 12.9. The number of carbonyl (C=O) groups is 1. The summed E-state index contributed by atoms with van der Waals surface area (Å²) >= 11 is 0. The second-order valence-electron chi connectivity index (χ2n) is 18.1. The van der Waals surface area contributed by atoms with Gasteiger partial charge in [0, 0.05) is 57.6 Å². The minimum Gasteiger partial charge on any atom is -0.392 e. The fourth-order valence-corrected chi connectivity index (χ4v) is 11.5. The summed E-state index contributed by atoms with van der Waals surface area (Å²) in [5.74, 6) is -0.981. The molecule has 12 nitrogen and oxygen atoms in total. The number of rotatable bonds is 5. The molecule has 8 aliphatic heterocycles. The van der Waals surface area contributed by atoms with E-state index in [1.165, 1.54) is 0 Å². The number of ether oxygens (including phenoxy) is 8. The maximum Gasteiger partial charge on any atom is 0.172 e. The van der Waals surface area contributed by atoms with Crippen LogP contribution >= 0.6 is 0 Å². The highest BCUT2D eigenvalue weighted by Crippen LogP contribution is 2.50. The van der Waals surface area contributed by atoms with E-state index in [1.807, 2.05) is 0 Å². The van der Waals surface area contributed by atoms with Crippen LogP contribution in [0.5, 0.6) is 0 Å². The van der Waals surface area contributed by atoms with Crippen molar-refractivity contribution in [1.82, 2.24) is 0 Å². The number of hydrogen-bond donors (Lipinski definition) is 3. The van der Waals surface area contributed by atoms with E-state index >= 15 is 0 Å². The van der Waals surface area contributed by atoms with Crippen molar-refractivity contribution >= 4 is 6.29 Å². The Balaban J connectivity index is 1.08. The van der Waals surface area contributed by atoms with Gasteiger partial charge in [-0.1, -0.05) is 27.0 Å². The number of methoxy groups -OCH3 is 1. The molecule has 8 saturated heterocycles. The molecule has 8 rings (SSSR count). The highest BCUT2D eigenvalue weighted by Gasteiger charge is 2.60. The topological polar surface area (TPSA) is 157 Å². The van der Waals surface area contributed by atoms with E-state index in [0.717, 1.165) is 49.5 Å². The van der Waals surface area contributed by atoms with Gasteiger partial charge in [0.25, 0.3) is 0 Å². The van der Waals surface area contributed by atoms with Crippen LogP contribution in [0, 0.1) is 23.7 Å². The van der Waals surface area contributed by atoms with E-state index in [1.54, 1.807) is 7.11 Å². The first-order valence-corrected chi connectivity index (χ1v) is 21.0. The van der Waals surface area contributed by atoms with Gasteiger partial charge in [-0.15, -0.1) is 0 Å². The Morgan fingerprint density at radius 3 is 2.44 bits per heavy atom. The van der Waals surface area contributed by atoms with Crippen LogP contribution in [0.4, 0.5) is 0 Å². The Morgan fingerprint density at radius 1 is 0.852 bits per heavy atom. The van der Waals surface area contributed by atoms with Gasteiger partial charge >= 0.3 is 0 Å². The van der Waals surface area contributed by atoms with Crippen LogP contribution in [0.1, 0.15) is 97.3 Å². The van der Waals surface area contributed by atoms with E-state index in [4.69, 9.17) is 43.6 Å². The first-order chi connectivity index (χ1) is 26.0. The molecule has 20 atom stereocenters. The highest BCUT2D eigenvalue weighted by molar-refractivity contribution is 5.54. The molecule has 8 fully saturated rings. The number of aliphatic hydroxyl groups is 2. The predicted octanol–water partition coefficient (Wildman–Crippen LogP) is 3.91. The molecule has 10 bridgehead atoms. The number of aliphatic hydroxyl groups excluding tert-OH is 2. The first kappa shape index (κ1) is 39.5. The van der Waals surface area contributed by atoms with Gasteiger partial charge in [0.1, 0.15) is 18.5 Å². The molecule has 0 aromatic rings. The van der Waals surface area contributed by atoms with Gasteiger partial charge in [0.2, 0.25) is 0 Å². The molecule has 0 aliphatic carbocycles. The van der Waals surface area contributed by atoms with Crippen molar-refractivity contribution in [2.45, 2.75) is 195 Å². The van der Waals surface area contributed by atoms with Crippen molar-refractivity contribution < 1.29 is 52.9 Å². The molecular formula is C42H65NO11. The van der Waals surface area contributed by atoms with E-state index in [9.17, 15) is 15.0 Å². The zero-order valence-electron chi connectivity index (χ0n) is 32.5. The Kier molecular flexibility index (Phi) is 11.8. The van der Waals surface area contributed by atoms with Gasteiger partial charge in [-0.2, -0.15) is 0 Å². The molecule has 12 unspecified atom stereocenters. The highest BCUT2D eigenvalue weighted by atomic mass is 16.7. The molecule has 12 heteroatoms. The van der Waals surface area contributed by atoms with Gasteiger partial charge in [-0.05, 0) is 74.3 Å². The Morgan fingerprint density at radius 2 is 1.67 bits per heavy atom. The van der Waals surface area contributed by atoms with Crippen LogP contribution < -0.4 is 5.73 Å². The lowest BCUT2D eigenvalue weighted by atomic mass is 9.80. The van der Waals surface area contributed by atoms with Gasteiger partial charge in [-0.25, -0.2) is 0 Å². The molecule has 0 amide bonds. The first-order valence-electron chi connectivity index (χ1n) is 21.0. The third-order valence-electron chi connectivity index (χ3n) is 14.5. The monoisotopic (exact) mass is 759 g/mol. The van der Waals surface area contributed by atoms with E-state index in [2.05, 4.69) is 27.0 Å². The van der Waals surface area contributed by atoms with Crippen LogP contribution in [0.25, 0.3) is 0 Å². The standard InChI is InChI=1S/C42H65NO11/c1-21-12-27-7-9-30-22(2)13-33(49-30)23(3)17-42-18-29(46)40(54-42)37-16-38(53-42)41-32(50-37)11-10-31(52-41)25(20-44)6-8-28-35(15-34(48-27)24(21)4)51-36(39(28)47-5)14-26(45)19-43/h20-21,23,25-41,45-46H,2,4,6-19,43H2,1,3,5H3/t21-,23?,25?,26?,27+,28?,29-,30?,31?,32?,33?,34?,35+,36?,37-,38?,39-,40?,41+,42-/m1/s1. The minimum absolute atomic E-state index is 0.0363. The van der Waals surface area contributed by atoms with Crippen molar-refractivity contribution in [2.24, 2.45) is 29.4 Å². The molecule has 8 aliphatic rings. The van der Waals surface area contributed by atoms with Gasteiger partial charge in [-0.3, -0.25) is 0 Å². The van der Waals surface area contributed by atoms with Crippen LogP contribution in [-0.2, 0) is 42.7 Å². The number of hydrogen-bond acceptors (Lipinski definition) is 12. The van der Waals surface area contributed by atoms with Crippen molar-refractivity contribution in [3.05, 3.63) is 24.3 Å². The lowest BCUT2D eigenvalue weighted by molar-refractivity contribution is -0.282. The zero-order valence-corrected chi connectivity index (χ0v) is 32.5. The van der Waals surface area contributed by atoms with E-state index < -0.39 is 24.1 Å². The zero-order chi connectivity index (χ0) is 37.9. The average Bonchev–Trinajstić information content (AvgIpc) is 3.77. The molecule has 8 heterocycles. The summed E-state index contributed by atoms with van der Waals surface area (Å²) in [5.41, 5.74) is 8.03. The van der Waals surface area contributed by atoms with Gasteiger partial charge in [0.05, 0.1) is 79.4 Å². The normalized spacial score (nSPS) is 51.6. The van der Waals surface area contributed by atoms with Crippen LogP contribution in [0.15, 0.2) is 24.3 Å². The quantitative estimate of drug-likeness (QED) is 0.275. The fraction of sp³-hybridized carbons (Fsp3) is 0.881. The number of aldehydes is 1. The van der Waals surface area contributed by atoms with Crippen molar-refractivity contribution in [1.29, 1.82) is 0 Å². The van der Waals surface area contributed by atoms with Crippen molar-refractivity contribution in [3.63, 3.8) is 0 Å². The molecule has 0 aromatic carbocycles. The van der Waals surface area contributed by atoms with E-state index in [0.29, 0.717) is 51.4 Å². The van der Waals surface area contributed by atoms with Crippen molar-refractivity contribution in [2.75, 3.05) is 13.7 Å². The smallest absolute Gasteiger partial charge is 0.172 e. The maximum atomic E-state index is 12.9. The summed E-state index contributed by atoms with van der Waals surface area (Å²) in [5, 5.41) is 21.8. The maximum absolute atomic E-state index is 12.9. The Hall–Kier alpha value is -1.29. The fourth-order valence-electron chi connectivity index (χ4n) is 11.5. The van der Waals surface area contributed by atoms with Crippen LogP contribution in [0.2, 0.25) is 0 Å². The molecule has 1 spiro atoms.